The number of primary amides is 1. The summed E-state index contributed by atoms with van der Waals surface area (Å²) in [5, 5.41) is 8.44. The molecule has 2 aromatic carbocycles. The molecule has 2 amide bonds. The van der Waals surface area contributed by atoms with Gasteiger partial charge in [0.25, 0.3) is 5.91 Å². The number of para-hydroxylation sites is 1. The lowest BCUT2D eigenvalue weighted by Gasteiger charge is -2.38. The van der Waals surface area contributed by atoms with Crippen LogP contribution in [0.4, 0.5) is 5.82 Å². The topological polar surface area (TPSA) is 102 Å². The van der Waals surface area contributed by atoms with Crippen molar-refractivity contribution in [2.75, 3.05) is 25.0 Å². The Balaban J connectivity index is 1.50. The summed E-state index contributed by atoms with van der Waals surface area (Å²) < 4.78 is 8.06. The van der Waals surface area contributed by atoms with Crippen molar-refractivity contribution in [3.63, 3.8) is 0 Å². The third-order valence-electron chi connectivity index (χ3n) is 7.65. The number of anilines is 1. The summed E-state index contributed by atoms with van der Waals surface area (Å²) in [6.07, 6.45) is 4.04. The van der Waals surface area contributed by atoms with Crippen LogP contribution in [0.25, 0.3) is 11.3 Å². The summed E-state index contributed by atoms with van der Waals surface area (Å²) in [4.78, 5) is 26.7. The standard InChI is InChI=1S/C30H35N5O3/c1-4-26(36)34-16-13-20(14-17-34)25-12-15-32-30-27(29(31)37)28(33-35(25)30)23-11-10-22(18-24(23)19(2)3)38-21-8-6-5-7-9-21/h4-11,18-20,25,32H,1,12-17H2,2-3H3,(H2,31,37)/t25-/m0/s1. The molecule has 3 N–H and O–H groups in total. The maximum atomic E-state index is 12.8. The average molecular weight is 514 g/mol. The molecule has 0 spiro atoms. The van der Waals surface area contributed by atoms with Crippen molar-refractivity contribution in [2.45, 2.75) is 45.1 Å². The molecule has 1 aromatic heterocycles. The lowest BCUT2D eigenvalue weighted by Crippen LogP contribution is -2.41. The summed E-state index contributed by atoms with van der Waals surface area (Å²) in [7, 11) is 0. The number of benzene rings is 2. The fourth-order valence-electron chi connectivity index (χ4n) is 5.72. The first kappa shape index (κ1) is 25.6. The van der Waals surface area contributed by atoms with E-state index in [1.54, 1.807) is 0 Å². The second-order valence-electron chi connectivity index (χ2n) is 10.3. The van der Waals surface area contributed by atoms with E-state index in [0.29, 0.717) is 36.1 Å². The molecule has 1 fully saturated rings. The average Bonchev–Trinajstić information content (AvgIpc) is 3.33. The summed E-state index contributed by atoms with van der Waals surface area (Å²) in [5.74, 6) is 2.17. The number of hydrogen-bond acceptors (Lipinski definition) is 5. The van der Waals surface area contributed by atoms with Gasteiger partial charge in [0.1, 0.15) is 28.6 Å². The third-order valence-corrected chi connectivity index (χ3v) is 7.65. The molecule has 2 aliphatic rings. The van der Waals surface area contributed by atoms with Gasteiger partial charge < -0.3 is 20.7 Å². The highest BCUT2D eigenvalue weighted by atomic mass is 16.5. The molecule has 8 nitrogen and oxygen atoms in total. The Hall–Kier alpha value is -4.07. The zero-order valence-electron chi connectivity index (χ0n) is 22.0. The van der Waals surface area contributed by atoms with Crippen molar-refractivity contribution in [1.29, 1.82) is 0 Å². The Labute approximate surface area is 223 Å². The minimum absolute atomic E-state index is 0.0206. The van der Waals surface area contributed by atoms with Gasteiger partial charge in [-0.15, -0.1) is 0 Å². The second-order valence-corrected chi connectivity index (χ2v) is 10.3. The number of likely N-dealkylation sites (tertiary alicyclic amines) is 1. The van der Waals surface area contributed by atoms with Crippen molar-refractivity contribution >= 4 is 17.6 Å². The highest BCUT2D eigenvalue weighted by Crippen LogP contribution is 2.42. The SMILES string of the molecule is C=CC(=O)N1CCC([C@@H]2CCNc3c(C(N)=O)c(-c4ccc(Oc5ccccc5)cc4C(C)C)nn32)CC1. The second kappa shape index (κ2) is 10.7. The quantitative estimate of drug-likeness (QED) is 0.415. The number of amides is 2. The summed E-state index contributed by atoms with van der Waals surface area (Å²) >= 11 is 0. The molecule has 0 bridgehead atoms. The maximum absolute atomic E-state index is 12.8. The normalized spacial score (nSPS) is 17.6. The van der Waals surface area contributed by atoms with Crippen LogP contribution in [0.3, 0.4) is 0 Å². The Bertz CT molecular complexity index is 1340. The van der Waals surface area contributed by atoms with Gasteiger partial charge in [-0.3, -0.25) is 9.59 Å². The van der Waals surface area contributed by atoms with Gasteiger partial charge in [0.2, 0.25) is 5.91 Å². The van der Waals surface area contributed by atoms with Crippen LogP contribution in [-0.4, -0.2) is 46.1 Å². The molecule has 2 aliphatic heterocycles. The molecular formula is C30H35N5O3. The van der Waals surface area contributed by atoms with Gasteiger partial charge in [-0.2, -0.15) is 5.10 Å². The van der Waals surface area contributed by atoms with Gasteiger partial charge in [-0.25, -0.2) is 4.68 Å². The third kappa shape index (κ3) is 4.90. The molecule has 3 heterocycles. The Morgan fingerprint density at radius 2 is 1.84 bits per heavy atom. The van der Waals surface area contributed by atoms with Crippen LogP contribution in [0.1, 0.15) is 61.0 Å². The highest BCUT2D eigenvalue weighted by Gasteiger charge is 2.36. The molecular weight excluding hydrogens is 478 g/mol. The monoisotopic (exact) mass is 513 g/mol. The largest absolute Gasteiger partial charge is 0.457 e. The molecule has 38 heavy (non-hydrogen) atoms. The smallest absolute Gasteiger partial charge is 0.254 e. The minimum atomic E-state index is -0.500. The van der Waals surface area contributed by atoms with Crippen molar-refractivity contribution in [3.05, 3.63) is 72.3 Å². The number of nitrogens with one attached hydrogen (secondary N) is 1. The molecule has 8 heteroatoms. The van der Waals surface area contributed by atoms with Crippen molar-refractivity contribution in [3.8, 4) is 22.8 Å². The number of nitrogens with two attached hydrogens (primary N) is 1. The van der Waals surface area contributed by atoms with Crippen LogP contribution in [0.5, 0.6) is 11.5 Å². The number of hydrogen-bond donors (Lipinski definition) is 2. The van der Waals surface area contributed by atoms with E-state index in [1.807, 2.05) is 58.1 Å². The highest BCUT2D eigenvalue weighted by molar-refractivity contribution is 6.04. The lowest BCUT2D eigenvalue weighted by molar-refractivity contribution is -0.127. The molecule has 3 aromatic rings. The Morgan fingerprint density at radius 1 is 1.11 bits per heavy atom. The van der Waals surface area contributed by atoms with Gasteiger partial charge in [0.15, 0.2) is 0 Å². The number of aromatic nitrogens is 2. The van der Waals surface area contributed by atoms with Crippen LogP contribution >= 0.6 is 0 Å². The number of fused-ring (bicyclic) bond motifs is 1. The van der Waals surface area contributed by atoms with Crippen LogP contribution in [0.2, 0.25) is 0 Å². The molecule has 0 aliphatic carbocycles. The van der Waals surface area contributed by atoms with E-state index in [4.69, 9.17) is 15.6 Å². The van der Waals surface area contributed by atoms with Gasteiger partial charge in [-0.05, 0) is 73.1 Å². The van der Waals surface area contributed by atoms with E-state index >= 15 is 0 Å². The van der Waals surface area contributed by atoms with Gasteiger partial charge in [-0.1, -0.05) is 38.6 Å². The number of nitrogens with zero attached hydrogens (tertiary/aromatic N) is 3. The first-order valence-corrected chi connectivity index (χ1v) is 13.3. The summed E-state index contributed by atoms with van der Waals surface area (Å²) in [5.41, 5.74) is 8.89. The Morgan fingerprint density at radius 3 is 2.50 bits per heavy atom. The molecule has 198 valence electrons. The van der Waals surface area contributed by atoms with E-state index < -0.39 is 5.91 Å². The zero-order chi connectivity index (χ0) is 26.8. The number of carbonyl (C=O) groups excluding carboxylic acids is 2. The van der Waals surface area contributed by atoms with E-state index in [-0.39, 0.29) is 17.9 Å². The first-order chi connectivity index (χ1) is 18.4. The fourth-order valence-corrected chi connectivity index (χ4v) is 5.72. The fraction of sp³-hybridized carbons (Fsp3) is 0.367. The first-order valence-electron chi connectivity index (χ1n) is 13.3. The maximum Gasteiger partial charge on any atom is 0.254 e. The van der Waals surface area contributed by atoms with E-state index in [9.17, 15) is 9.59 Å². The summed E-state index contributed by atoms with van der Waals surface area (Å²) in [6.45, 7) is 9.98. The number of piperidine rings is 1. The molecule has 1 saturated heterocycles. The van der Waals surface area contributed by atoms with E-state index in [1.165, 1.54) is 6.08 Å². The predicted octanol–water partition coefficient (Wildman–Crippen LogP) is 5.35. The number of ether oxygens (including phenoxy) is 1. The van der Waals surface area contributed by atoms with Crippen LogP contribution in [0, 0.1) is 5.92 Å². The van der Waals surface area contributed by atoms with Crippen molar-refractivity contribution in [1.82, 2.24) is 14.7 Å². The molecule has 0 saturated carbocycles. The molecule has 0 unspecified atom stereocenters. The molecule has 5 rings (SSSR count). The number of rotatable bonds is 7. The van der Waals surface area contributed by atoms with Crippen LogP contribution in [-0.2, 0) is 4.79 Å². The van der Waals surface area contributed by atoms with E-state index in [0.717, 1.165) is 48.4 Å². The summed E-state index contributed by atoms with van der Waals surface area (Å²) in [6, 6.07) is 15.7. The Kier molecular flexibility index (Phi) is 7.22. The van der Waals surface area contributed by atoms with Gasteiger partial charge in [0.05, 0.1) is 6.04 Å². The van der Waals surface area contributed by atoms with E-state index in [2.05, 4.69) is 25.7 Å². The minimum Gasteiger partial charge on any atom is -0.457 e. The van der Waals surface area contributed by atoms with Crippen molar-refractivity contribution in [2.24, 2.45) is 11.7 Å². The van der Waals surface area contributed by atoms with Crippen LogP contribution in [0.15, 0.2) is 61.2 Å². The van der Waals surface area contributed by atoms with Crippen molar-refractivity contribution < 1.29 is 14.3 Å². The molecule has 0 radical (unpaired) electrons. The van der Waals surface area contributed by atoms with Gasteiger partial charge in [0, 0.05) is 25.2 Å². The van der Waals surface area contributed by atoms with Gasteiger partial charge >= 0.3 is 0 Å². The molecule has 1 atom stereocenters. The predicted molar refractivity (Wildman–Crippen MR) is 148 cm³/mol. The lowest BCUT2D eigenvalue weighted by atomic mass is 9.87. The number of carbonyl (C=O) groups is 2. The zero-order valence-corrected chi connectivity index (χ0v) is 22.0. The van der Waals surface area contributed by atoms with Crippen LogP contribution < -0.4 is 15.8 Å².